The van der Waals surface area contributed by atoms with Gasteiger partial charge in [-0.1, -0.05) is 101 Å². The Labute approximate surface area is 289 Å². The summed E-state index contributed by atoms with van der Waals surface area (Å²) in [5, 5.41) is 9.42. The van der Waals surface area contributed by atoms with Crippen molar-refractivity contribution in [2.75, 3.05) is 4.90 Å². The van der Waals surface area contributed by atoms with E-state index >= 15 is 0 Å². The van der Waals surface area contributed by atoms with Gasteiger partial charge in [0.05, 0.1) is 11.5 Å². The van der Waals surface area contributed by atoms with Gasteiger partial charge in [-0.3, -0.25) is 9.59 Å². The second-order valence-electron chi connectivity index (χ2n) is 15.0. The zero-order chi connectivity index (χ0) is 33.9. The van der Waals surface area contributed by atoms with Gasteiger partial charge in [-0.05, 0) is 95.5 Å². The maximum absolute atomic E-state index is 13.4. The van der Waals surface area contributed by atoms with Crippen molar-refractivity contribution in [3.8, 4) is 11.1 Å². The standard InChI is InChI=1S/C44H45NO4/c1-3-4-5-6-7-10-22-44(2)37-14-9-8-12-30(37)31-20-18-29(26-38(31)44)45-39-15-11-13-32(39)34-23-27(16-21-40(34)45)24-36-41(46)33-19-17-28(43(48)49)25-35(33)42(36)47/h8-9,12,14,16-21,23,25-26,32,36,39H,3-7,10-11,13,15,22,24H2,1-2H3,(H,48,49). The summed E-state index contributed by atoms with van der Waals surface area (Å²) in [5.74, 6) is -1.97. The molecule has 8 rings (SSSR count). The van der Waals surface area contributed by atoms with Crippen LogP contribution in [0.3, 0.4) is 0 Å². The third-order valence-electron chi connectivity index (χ3n) is 12.2. The first-order chi connectivity index (χ1) is 23.8. The summed E-state index contributed by atoms with van der Waals surface area (Å²) in [7, 11) is 0. The van der Waals surface area contributed by atoms with Crippen LogP contribution in [0.25, 0.3) is 11.1 Å². The van der Waals surface area contributed by atoms with Gasteiger partial charge in [-0.2, -0.15) is 0 Å². The van der Waals surface area contributed by atoms with E-state index in [4.69, 9.17) is 0 Å². The summed E-state index contributed by atoms with van der Waals surface area (Å²) < 4.78 is 0. The van der Waals surface area contributed by atoms with Crippen molar-refractivity contribution in [1.82, 2.24) is 0 Å². The molecule has 3 aliphatic carbocycles. The van der Waals surface area contributed by atoms with Crippen LogP contribution in [0.2, 0.25) is 0 Å². The van der Waals surface area contributed by atoms with Gasteiger partial charge < -0.3 is 10.0 Å². The Hall–Kier alpha value is -4.51. The highest BCUT2D eigenvalue weighted by Crippen LogP contribution is 2.56. The van der Waals surface area contributed by atoms with Crippen LogP contribution >= 0.6 is 0 Å². The van der Waals surface area contributed by atoms with Crippen molar-refractivity contribution in [2.24, 2.45) is 5.92 Å². The van der Waals surface area contributed by atoms with Crippen LogP contribution in [-0.2, 0) is 11.8 Å². The molecule has 1 aliphatic heterocycles. The van der Waals surface area contributed by atoms with Gasteiger partial charge in [-0.15, -0.1) is 0 Å². The number of carbonyl (C=O) groups is 3. The molecule has 0 spiro atoms. The molecule has 0 saturated heterocycles. The third kappa shape index (κ3) is 5.16. The van der Waals surface area contributed by atoms with Gasteiger partial charge in [0, 0.05) is 39.9 Å². The number of anilines is 2. The molecule has 1 fully saturated rings. The molecule has 4 unspecified atom stereocenters. The van der Waals surface area contributed by atoms with E-state index in [0.717, 1.165) is 24.8 Å². The van der Waals surface area contributed by atoms with Crippen LogP contribution in [0.5, 0.6) is 0 Å². The number of nitrogens with zero attached hydrogens (tertiary/aromatic N) is 1. The van der Waals surface area contributed by atoms with Gasteiger partial charge in [0.1, 0.15) is 0 Å². The quantitative estimate of drug-likeness (QED) is 0.129. The molecule has 0 amide bonds. The SMILES string of the molecule is CCCCCCCCC1(C)c2ccccc2-c2ccc(N3c4ccc(CC5C(=O)c6ccc(C(=O)O)cc6C5=O)cc4C4CCCC43)cc21. The summed E-state index contributed by atoms with van der Waals surface area (Å²) in [6.07, 6.45) is 12.7. The predicted molar refractivity (Wildman–Crippen MR) is 195 cm³/mol. The molecular weight excluding hydrogens is 606 g/mol. The van der Waals surface area contributed by atoms with Crippen LogP contribution in [0.15, 0.2) is 78.9 Å². The van der Waals surface area contributed by atoms with Gasteiger partial charge in [0.2, 0.25) is 0 Å². The highest BCUT2D eigenvalue weighted by molar-refractivity contribution is 6.27. The average molecular weight is 652 g/mol. The van der Waals surface area contributed by atoms with Crippen LogP contribution in [0.1, 0.15) is 137 Å². The minimum atomic E-state index is -1.10. The molecule has 4 atom stereocenters. The number of unbranched alkanes of at least 4 members (excludes halogenated alkanes) is 5. The molecule has 0 aromatic heterocycles. The number of fused-ring (bicyclic) bond motifs is 7. The molecule has 5 heteroatoms. The van der Waals surface area contributed by atoms with E-state index in [1.54, 1.807) is 0 Å². The van der Waals surface area contributed by atoms with Crippen LogP contribution in [0, 0.1) is 5.92 Å². The highest BCUT2D eigenvalue weighted by Gasteiger charge is 2.45. The van der Waals surface area contributed by atoms with E-state index in [-0.39, 0.29) is 28.1 Å². The zero-order valence-corrected chi connectivity index (χ0v) is 28.6. The predicted octanol–water partition coefficient (Wildman–Crippen LogP) is 10.4. The normalized spacial score (nSPS) is 23.0. The first-order valence-electron chi connectivity index (χ1n) is 18.4. The summed E-state index contributed by atoms with van der Waals surface area (Å²) in [6.45, 7) is 4.74. The second kappa shape index (κ2) is 12.4. The van der Waals surface area contributed by atoms with Gasteiger partial charge in [0.15, 0.2) is 11.6 Å². The Morgan fingerprint density at radius 3 is 2.39 bits per heavy atom. The summed E-state index contributed by atoms with van der Waals surface area (Å²) in [6, 6.07) is 27.4. The Kier molecular flexibility index (Phi) is 8.05. The van der Waals surface area contributed by atoms with Crippen molar-refractivity contribution < 1.29 is 19.5 Å². The van der Waals surface area contributed by atoms with Crippen molar-refractivity contribution in [2.45, 2.75) is 102 Å². The lowest BCUT2D eigenvalue weighted by Crippen LogP contribution is -2.27. The van der Waals surface area contributed by atoms with E-state index in [9.17, 15) is 19.5 Å². The molecule has 1 heterocycles. The average Bonchev–Trinajstić information content (AvgIpc) is 3.83. The number of rotatable bonds is 11. The molecule has 0 radical (unpaired) electrons. The number of benzene rings is 4. The zero-order valence-electron chi connectivity index (χ0n) is 28.6. The van der Waals surface area contributed by atoms with Crippen LogP contribution in [-0.4, -0.2) is 28.7 Å². The fourth-order valence-corrected chi connectivity index (χ4v) is 9.63. The Morgan fingerprint density at radius 2 is 1.55 bits per heavy atom. The van der Waals surface area contributed by atoms with Gasteiger partial charge in [0.25, 0.3) is 0 Å². The number of ketones is 2. The fourth-order valence-electron chi connectivity index (χ4n) is 9.63. The van der Waals surface area contributed by atoms with Crippen LogP contribution in [0.4, 0.5) is 11.4 Å². The lowest BCUT2D eigenvalue weighted by atomic mass is 9.76. The van der Waals surface area contributed by atoms with Gasteiger partial charge in [-0.25, -0.2) is 4.79 Å². The molecule has 5 nitrogen and oxygen atoms in total. The van der Waals surface area contributed by atoms with E-state index in [2.05, 4.69) is 79.4 Å². The number of carboxylic acids is 1. The molecule has 1 N–H and O–H groups in total. The maximum Gasteiger partial charge on any atom is 0.335 e. The van der Waals surface area contributed by atoms with E-state index < -0.39 is 11.9 Å². The van der Waals surface area contributed by atoms with Crippen molar-refractivity contribution in [3.63, 3.8) is 0 Å². The lowest BCUT2D eigenvalue weighted by Gasteiger charge is -2.31. The number of Topliss-reactive ketones (excluding diaryl/α,β-unsaturated/α-hetero) is 2. The topological polar surface area (TPSA) is 74.7 Å². The lowest BCUT2D eigenvalue weighted by molar-refractivity contribution is 0.0696. The molecule has 1 saturated carbocycles. The Bertz CT molecular complexity index is 1990. The number of carbonyl (C=O) groups excluding carboxylic acids is 2. The largest absolute Gasteiger partial charge is 0.478 e. The second-order valence-corrected chi connectivity index (χ2v) is 15.0. The summed E-state index contributed by atoms with van der Waals surface area (Å²) in [4.78, 5) is 40.8. The molecule has 0 bridgehead atoms. The summed E-state index contributed by atoms with van der Waals surface area (Å²) >= 11 is 0. The van der Waals surface area contributed by atoms with E-state index in [1.165, 1.54) is 102 Å². The Morgan fingerprint density at radius 1 is 0.796 bits per heavy atom. The molecule has 4 aliphatic rings. The minimum Gasteiger partial charge on any atom is -0.478 e. The fraction of sp³-hybridized carbons (Fsp3) is 0.386. The minimum absolute atomic E-state index is 0.0165. The van der Waals surface area contributed by atoms with E-state index in [0.29, 0.717) is 23.9 Å². The number of aromatic carboxylic acids is 1. The van der Waals surface area contributed by atoms with Gasteiger partial charge >= 0.3 is 5.97 Å². The first-order valence-corrected chi connectivity index (χ1v) is 18.4. The Balaban J connectivity index is 1.09. The van der Waals surface area contributed by atoms with E-state index in [1.807, 2.05) is 0 Å². The maximum atomic E-state index is 13.4. The van der Waals surface area contributed by atoms with Crippen molar-refractivity contribution >= 4 is 28.9 Å². The summed E-state index contributed by atoms with van der Waals surface area (Å²) in [5.41, 5.74) is 11.0. The third-order valence-corrected chi connectivity index (χ3v) is 12.2. The molecule has 4 aromatic carbocycles. The number of hydrogen-bond acceptors (Lipinski definition) is 4. The molecule has 49 heavy (non-hydrogen) atoms. The number of carboxylic acid groups (broad SMARTS) is 1. The first kappa shape index (κ1) is 31.7. The highest BCUT2D eigenvalue weighted by atomic mass is 16.4. The smallest absolute Gasteiger partial charge is 0.335 e. The molecule has 4 aromatic rings. The monoisotopic (exact) mass is 651 g/mol. The molecule has 250 valence electrons. The van der Waals surface area contributed by atoms with Crippen molar-refractivity contribution in [1.29, 1.82) is 0 Å². The molecular formula is C44H45NO4. The number of hydrogen-bond donors (Lipinski definition) is 1. The van der Waals surface area contributed by atoms with Crippen LogP contribution < -0.4 is 4.90 Å². The van der Waals surface area contributed by atoms with Crippen molar-refractivity contribution in [3.05, 3.63) is 118 Å².